The highest BCUT2D eigenvalue weighted by Crippen LogP contribution is 2.37. The van der Waals surface area contributed by atoms with Crippen molar-refractivity contribution in [2.24, 2.45) is 11.7 Å². The Morgan fingerprint density at radius 2 is 2.13 bits per heavy atom. The summed E-state index contributed by atoms with van der Waals surface area (Å²) >= 11 is 6.29. The first-order valence-electron chi connectivity index (χ1n) is 8.20. The summed E-state index contributed by atoms with van der Waals surface area (Å²) in [7, 11) is 0. The highest BCUT2D eigenvalue weighted by molar-refractivity contribution is 6.32. The lowest BCUT2D eigenvalue weighted by molar-refractivity contribution is 0.0933. The van der Waals surface area contributed by atoms with Crippen molar-refractivity contribution < 1.29 is 14.3 Å². The summed E-state index contributed by atoms with van der Waals surface area (Å²) in [6, 6.07) is 3.31. The molecule has 23 heavy (non-hydrogen) atoms. The summed E-state index contributed by atoms with van der Waals surface area (Å²) in [6.07, 6.45) is 3.11. The standard InChI is InChI=1S/C17H25ClN2O3/c1-3-7-23-16-13(18)8-12(9-15(16)22-4-2)17(21)20-14(10-19)11-5-6-11/h8-9,11,14H,3-7,10,19H2,1-2H3,(H,20,21). The Morgan fingerprint density at radius 1 is 1.39 bits per heavy atom. The van der Waals surface area contributed by atoms with Crippen molar-refractivity contribution in [2.75, 3.05) is 19.8 Å². The molecule has 3 N–H and O–H groups in total. The monoisotopic (exact) mass is 340 g/mol. The number of hydrogen-bond acceptors (Lipinski definition) is 4. The number of hydrogen-bond donors (Lipinski definition) is 2. The zero-order chi connectivity index (χ0) is 16.8. The van der Waals surface area contributed by atoms with Gasteiger partial charge in [-0.25, -0.2) is 0 Å². The van der Waals surface area contributed by atoms with Crippen molar-refractivity contribution in [1.29, 1.82) is 0 Å². The molecule has 0 saturated heterocycles. The third-order valence-corrected chi connectivity index (χ3v) is 4.06. The molecule has 1 atom stereocenters. The summed E-state index contributed by atoms with van der Waals surface area (Å²) < 4.78 is 11.2. The van der Waals surface area contributed by atoms with Crippen molar-refractivity contribution in [3.8, 4) is 11.5 Å². The van der Waals surface area contributed by atoms with E-state index in [1.165, 1.54) is 0 Å². The normalized spacial score (nSPS) is 15.1. The number of benzene rings is 1. The first-order valence-corrected chi connectivity index (χ1v) is 8.58. The van der Waals surface area contributed by atoms with Crippen LogP contribution in [-0.4, -0.2) is 31.7 Å². The molecule has 6 heteroatoms. The molecule has 1 saturated carbocycles. The molecule has 1 aromatic carbocycles. The Morgan fingerprint density at radius 3 is 2.70 bits per heavy atom. The third-order valence-electron chi connectivity index (χ3n) is 3.78. The summed E-state index contributed by atoms with van der Waals surface area (Å²) in [6.45, 7) is 5.35. The van der Waals surface area contributed by atoms with Gasteiger partial charge in [0.2, 0.25) is 0 Å². The molecule has 1 unspecified atom stereocenters. The van der Waals surface area contributed by atoms with Gasteiger partial charge in [0, 0.05) is 18.2 Å². The van der Waals surface area contributed by atoms with Crippen LogP contribution < -0.4 is 20.5 Å². The van der Waals surface area contributed by atoms with E-state index in [9.17, 15) is 4.79 Å². The third kappa shape index (κ3) is 4.75. The first-order chi connectivity index (χ1) is 11.1. The average Bonchev–Trinajstić information content (AvgIpc) is 3.36. The molecule has 128 valence electrons. The molecule has 0 heterocycles. The van der Waals surface area contributed by atoms with E-state index in [-0.39, 0.29) is 11.9 Å². The van der Waals surface area contributed by atoms with E-state index in [0.717, 1.165) is 19.3 Å². The van der Waals surface area contributed by atoms with E-state index >= 15 is 0 Å². The fraction of sp³-hybridized carbons (Fsp3) is 0.588. The highest BCUT2D eigenvalue weighted by atomic mass is 35.5. The lowest BCUT2D eigenvalue weighted by Crippen LogP contribution is -2.41. The molecule has 0 radical (unpaired) electrons. The Kier molecular flexibility index (Phi) is 6.54. The molecule has 1 amide bonds. The van der Waals surface area contributed by atoms with Crippen LogP contribution in [0.25, 0.3) is 0 Å². The minimum absolute atomic E-state index is 0.0211. The molecular formula is C17H25ClN2O3. The zero-order valence-electron chi connectivity index (χ0n) is 13.7. The molecule has 1 fully saturated rings. The average molecular weight is 341 g/mol. The molecule has 2 rings (SSSR count). The molecule has 0 aromatic heterocycles. The Labute approximate surface area is 142 Å². The Balaban J connectivity index is 2.18. The van der Waals surface area contributed by atoms with Gasteiger partial charge in [-0.3, -0.25) is 4.79 Å². The van der Waals surface area contributed by atoms with Gasteiger partial charge in [-0.1, -0.05) is 18.5 Å². The van der Waals surface area contributed by atoms with E-state index in [1.807, 2.05) is 13.8 Å². The fourth-order valence-electron chi connectivity index (χ4n) is 2.43. The summed E-state index contributed by atoms with van der Waals surface area (Å²) in [4.78, 5) is 12.5. The van der Waals surface area contributed by atoms with Gasteiger partial charge < -0.3 is 20.5 Å². The second-order valence-corrected chi connectivity index (χ2v) is 6.13. The minimum atomic E-state index is -0.183. The van der Waals surface area contributed by atoms with Gasteiger partial charge in [-0.15, -0.1) is 0 Å². The van der Waals surface area contributed by atoms with Crippen LogP contribution in [0.2, 0.25) is 5.02 Å². The number of nitrogens with one attached hydrogen (secondary N) is 1. The number of nitrogens with two attached hydrogens (primary N) is 1. The van der Waals surface area contributed by atoms with Crippen molar-refractivity contribution in [2.45, 2.75) is 39.2 Å². The van der Waals surface area contributed by atoms with Crippen LogP contribution in [0.5, 0.6) is 11.5 Å². The number of amides is 1. The van der Waals surface area contributed by atoms with E-state index in [2.05, 4.69) is 5.32 Å². The molecule has 1 aliphatic rings. The predicted molar refractivity (Wildman–Crippen MR) is 91.4 cm³/mol. The molecule has 0 spiro atoms. The minimum Gasteiger partial charge on any atom is -0.490 e. The zero-order valence-corrected chi connectivity index (χ0v) is 14.5. The van der Waals surface area contributed by atoms with Gasteiger partial charge in [0.25, 0.3) is 5.91 Å². The van der Waals surface area contributed by atoms with Crippen LogP contribution in [0.4, 0.5) is 0 Å². The highest BCUT2D eigenvalue weighted by Gasteiger charge is 2.31. The maximum absolute atomic E-state index is 12.5. The topological polar surface area (TPSA) is 73.6 Å². The summed E-state index contributed by atoms with van der Waals surface area (Å²) in [5, 5.41) is 3.37. The van der Waals surface area contributed by atoms with E-state index < -0.39 is 0 Å². The van der Waals surface area contributed by atoms with Crippen LogP contribution >= 0.6 is 11.6 Å². The van der Waals surface area contributed by atoms with Crippen LogP contribution in [-0.2, 0) is 0 Å². The van der Waals surface area contributed by atoms with Crippen LogP contribution in [0, 0.1) is 5.92 Å². The van der Waals surface area contributed by atoms with Gasteiger partial charge in [0.1, 0.15) is 0 Å². The number of carbonyl (C=O) groups is 1. The molecule has 1 aromatic rings. The lowest BCUT2D eigenvalue weighted by atomic mass is 10.1. The molecular weight excluding hydrogens is 316 g/mol. The largest absolute Gasteiger partial charge is 0.490 e. The maximum Gasteiger partial charge on any atom is 0.251 e. The Bertz CT molecular complexity index is 547. The predicted octanol–water partition coefficient (Wildman–Crippen LogP) is 2.99. The molecule has 0 aliphatic heterocycles. The number of halogens is 1. The molecule has 0 bridgehead atoms. The van der Waals surface area contributed by atoms with Crippen LogP contribution in [0.3, 0.4) is 0 Å². The van der Waals surface area contributed by atoms with Gasteiger partial charge in [0.05, 0.1) is 18.2 Å². The van der Waals surface area contributed by atoms with Gasteiger partial charge in [-0.2, -0.15) is 0 Å². The fourth-order valence-corrected chi connectivity index (χ4v) is 2.69. The number of ether oxygens (including phenoxy) is 2. The summed E-state index contributed by atoms with van der Waals surface area (Å²) in [5.41, 5.74) is 6.20. The van der Waals surface area contributed by atoms with E-state index in [0.29, 0.717) is 47.8 Å². The second-order valence-electron chi connectivity index (χ2n) is 5.72. The summed E-state index contributed by atoms with van der Waals surface area (Å²) in [5.74, 6) is 1.30. The van der Waals surface area contributed by atoms with Gasteiger partial charge in [0.15, 0.2) is 11.5 Å². The number of carbonyl (C=O) groups excluding carboxylic acids is 1. The van der Waals surface area contributed by atoms with Gasteiger partial charge >= 0.3 is 0 Å². The maximum atomic E-state index is 12.5. The van der Waals surface area contributed by atoms with Crippen LogP contribution in [0.15, 0.2) is 12.1 Å². The molecule has 1 aliphatic carbocycles. The quantitative estimate of drug-likeness (QED) is 0.724. The number of rotatable bonds is 9. The van der Waals surface area contributed by atoms with Crippen molar-refractivity contribution >= 4 is 17.5 Å². The van der Waals surface area contributed by atoms with E-state index in [4.69, 9.17) is 26.8 Å². The van der Waals surface area contributed by atoms with Gasteiger partial charge in [-0.05, 0) is 44.2 Å². The van der Waals surface area contributed by atoms with Crippen molar-refractivity contribution in [3.05, 3.63) is 22.7 Å². The van der Waals surface area contributed by atoms with Crippen molar-refractivity contribution in [3.63, 3.8) is 0 Å². The van der Waals surface area contributed by atoms with Crippen LogP contribution in [0.1, 0.15) is 43.5 Å². The second kappa shape index (κ2) is 8.41. The Hall–Kier alpha value is -1.46. The first kappa shape index (κ1) is 17.9. The lowest BCUT2D eigenvalue weighted by Gasteiger charge is -2.18. The molecule has 5 nitrogen and oxygen atoms in total. The smallest absolute Gasteiger partial charge is 0.251 e. The SMILES string of the molecule is CCCOc1c(Cl)cc(C(=O)NC(CN)C2CC2)cc1OCC. The van der Waals surface area contributed by atoms with Crippen molar-refractivity contribution in [1.82, 2.24) is 5.32 Å². The van der Waals surface area contributed by atoms with E-state index in [1.54, 1.807) is 12.1 Å².